The van der Waals surface area contributed by atoms with E-state index in [0.29, 0.717) is 22.6 Å². The van der Waals surface area contributed by atoms with E-state index in [1.807, 2.05) is 30.3 Å². The third kappa shape index (κ3) is 4.45. The number of aromatic amines is 1. The standard InChI is InChI=1S/C28H23ClN2O4/c29-19-12-13-24-23(16-19)20(7-3-4-17-8-10-18(11-9-17)28(34)35)25(30-24)14-15-31-26(32)21-5-1-2-6-22(21)27(31)33/h1-2,5-6,8-13,16,30H,3-4,7,14-15H2,(H,34,35). The van der Waals surface area contributed by atoms with Gasteiger partial charge in [0.15, 0.2) is 0 Å². The molecule has 5 rings (SSSR count). The first-order valence-electron chi connectivity index (χ1n) is 11.5. The number of H-pyrrole nitrogens is 1. The molecule has 0 bridgehead atoms. The van der Waals surface area contributed by atoms with Gasteiger partial charge >= 0.3 is 5.97 Å². The molecule has 1 aromatic heterocycles. The number of carboxylic acids is 1. The molecule has 3 aromatic carbocycles. The molecule has 0 radical (unpaired) electrons. The first-order chi connectivity index (χ1) is 16.9. The molecule has 2 heterocycles. The van der Waals surface area contributed by atoms with Crippen molar-refractivity contribution < 1.29 is 19.5 Å². The van der Waals surface area contributed by atoms with Crippen LogP contribution in [0, 0.1) is 0 Å². The number of imide groups is 1. The number of halogens is 1. The maximum atomic E-state index is 12.8. The number of carbonyl (C=O) groups is 3. The predicted octanol–water partition coefficient (Wildman–Crippen LogP) is 5.53. The van der Waals surface area contributed by atoms with Gasteiger partial charge in [0.05, 0.1) is 16.7 Å². The van der Waals surface area contributed by atoms with Crippen LogP contribution < -0.4 is 0 Å². The summed E-state index contributed by atoms with van der Waals surface area (Å²) >= 11 is 6.28. The zero-order valence-electron chi connectivity index (χ0n) is 18.9. The van der Waals surface area contributed by atoms with Crippen molar-refractivity contribution in [3.63, 3.8) is 0 Å². The van der Waals surface area contributed by atoms with Crippen LogP contribution in [0.25, 0.3) is 10.9 Å². The number of carboxylic acid groups (broad SMARTS) is 1. The molecular formula is C28H23ClN2O4. The Morgan fingerprint density at radius 3 is 2.23 bits per heavy atom. The normalized spacial score (nSPS) is 13.0. The SMILES string of the molecule is O=C(O)c1ccc(CCCc2c(CCN3C(=O)c4ccccc4C3=O)[nH]c3ccc(Cl)cc23)cc1. The van der Waals surface area contributed by atoms with Crippen molar-refractivity contribution in [1.29, 1.82) is 0 Å². The summed E-state index contributed by atoms with van der Waals surface area (Å²) in [5.74, 6) is -1.44. The van der Waals surface area contributed by atoms with Gasteiger partial charge in [-0.15, -0.1) is 0 Å². The molecule has 6 nitrogen and oxygen atoms in total. The number of hydrogen-bond acceptors (Lipinski definition) is 3. The molecule has 0 saturated carbocycles. The highest BCUT2D eigenvalue weighted by molar-refractivity contribution is 6.31. The molecule has 0 spiro atoms. The van der Waals surface area contributed by atoms with Crippen molar-refractivity contribution in [2.75, 3.05) is 6.54 Å². The average molecular weight is 487 g/mol. The van der Waals surface area contributed by atoms with E-state index in [-0.39, 0.29) is 23.9 Å². The van der Waals surface area contributed by atoms with Crippen molar-refractivity contribution in [2.24, 2.45) is 0 Å². The summed E-state index contributed by atoms with van der Waals surface area (Å²) in [7, 11) is 0. The number of nitrogens with one attached hydrogen (secondary N) is 1. The van der Waals surface area contributed by atoms with Crippen LogP contribution in [-0.2, 0) is 19.3 Å². The number of nitrogens with zero attached hydrogens (tertiary/aromatic N) is 1. The van der Waals surface area contributed by atoms with Gasteiger partial charge in [-0.1, -0.05) is 35.9 Å². The Morgan fingerprint density at radius 2 is 1.57 bits per heavy atom. The Balaban J connectivity index is 1.33. The fourth-order valence-electron chi connectivity index (χ4n) is 4.72. The number of hydrogen-bond donors (Lipinski definition) is 2. The van der Waals surface area contributed by atoms with Crippen LogP contribution in [0.3, 0.4) is 0 Å². The maximum Gasteiger partial charge on any atom is 0.335 e. The van der Waals surface area contributed by atoms with Crippen LogP contribution in [0.2, 0.25) is 5.02 Å². The number of amides is 2. The maximum absolute atomic E-state index is 12.8. The monoisotopic (exact) mass is 486 g/mol. The number of fused-ring (bicyclic) bond motifs is 2. The van der Waals surface area contributed by atoms with Crippen molar-refractivity contribution in [3.8, 4) is 0 Å². The summed E-state index contributed by atoms with van der Waals surface area (Å²) in [5, 5.41) is 10.8. The van der Waals surface area contributed by atoms with E-state index >= 15 is 0 Å². The van der Waals surface area contributed by atoms with Gasteiger partial charge in [0, 0.05) is 34.6 Å². The third-order valence-corrected chi connectivity index (χ3v) is 6.75. The van der Waals surface area contributed by atoms with E-state index in [1.54, 1.807) is 36.4 Å². The van der Waals surface area contributed by atoms with E-state index in [0.717, 1.165) is 47.0 Å². The second-order valence-electron chi connectivity index (χ2n) is 8.69. The number of rotatable bonds is 8. The number of aromatic nitrogens is 1. The fraction of sp³-hybridized carbons (Fsp3) is 0.179. The molecule has 0 unspecified atom stereocenters. The molecule has 1 aliphatic heterocycles. The zero-order chi connectivity index (χ0) is 24.5. The van der Waals surface area contributed by atoms with E-state index in [9.17, 15) is 14.4 Å². The van der Waals surface area contributed by atoms with Gasteiger partial charge in [-0.05, 0) is 72.9 Å². The number of aryl methyl sites for hydroxylation is 2. The lowest BCUT2D eigenvalue weighted by molar-refractivity contribution is 0.0652. The molecule has 176 valence electrons. The van der Waals surface area contributed by atoms with Gasteiger partial charge in [0.1, 0.15) is 0 Å². The van der Waals surface area contributed by atoms with Crippen LogP contribution in [0.5, 0.6) is 0 Å². The summed E-state index contributed by atoms with van der Waals surface area (Å²) in [6, 6.07) is 19.6. The van der Waals surface area contributed by atoms with Gasteiger partial charge in [-0.25, -0.2) is 4.79 Å². The first kappa shape index (κ1) is 22.9. The number of carbonyl (C=O) groups excluding carboxylic acids is 2. The number of aromatic carboxylic acids is 1. The van der Waals surface area contributed by atoms with Gasteiger partial charge in [-0.3, -0.25) is 14.5 Å². The average Bonchev–Trinajstić information content (AvgIpc) is 3.32. The Kier molecular flexibility index (Phi) is 6.14. The topological polar surface area (TPSA) is 90.5 Å². The van der Waals surface area contributed by atoms with Crippen LogP contribution in [0.15, 0.2) is 66.7 Å². The molecule has 2 amide bonds. The molecule has 0 aliphatic carbocycles. The van der Waals surface area contributed by atoms with Crippen LogP contribution >= 0.6 is 11.6 Å². The lowest BCUT2D eigenvalue weighted by Crippen LogP contribution is -2.32. The van der Waals surface area contributed by atoms with E-state index in [2.05, 4.69) is 4.98 Å². The minimum absolute atomic E-state index is 0.254. The number of benzene rings is 3. The predicted molar refractivity (Wildman–Crippen MR) is 134 cm³/mol. The highest BCUT2D eigenvalue weighted by atomic mass is 35.5. The lowest BCUT2D eigenvalue weighted by Gasteiger charge is -2.14. The molecule has 2 N–H and O–H groups in total. The minimum atomic E-state index is -0.935. The van der Waals surface area contributed by atoms with Crippen molar-refractivity contribution >= 4 is 40.3 Å². The first-order valence-corrected chi connectivity index (χ1v) is 11.9. The quantitative estimate of drug-likeness (QED) is 0.320. The molecule has 7 heteroatoms. The molecule has 1 aliphatic rings. The second kappa shape index (κ2) is 9.39. The Morgan fingerprint density at radius 1 is 0.886 bits per heavy atom. The third-order valence-electron chi connectivity index (χ3n) is 6.51. The Bertz CT molecular complexity index is 1420. The van der Waals surface area contributed by atoms with Gasteiger partial charge in [-0.2, -0.15) is 0 Å². The van der Waals surface area contributed by atoms with Crippen molar-refractivity contribution in [3.05, 3.63) is 105 Å². The summed E-state index contributed by atoms with van der Waals surface area (Å²) in [4.78, 5) is 41.4. The van der Waals surface area contributed by atoms with E-state index in [1.165, 1.54) is 4.90 Å². The molecule has 4 aromatic rings. The van der Waals surface area contributed by atoms with Gasteiger partial charge in [0.25, 0.3) is 11.8 Å². The highest BCUT2D eigenvalue weighted by Crippen LogP contribution is 2.29. The van der Waals surface area contributed by atoms with E-state index in [4.69, 9.17) is 16.7 Å². The Hall–Kier alpha value is -3.90. The second-order valence-corrected chi connectivity index (χ2v) is 9.12. The van der Waals surface area contributed by atoms with Gasteiger partial charge in [0.2, 0.25) is 0 Å². The van der Waals surface area contributed by atoms with Crippen LogP contribution in [-0.4, -0.2) is 39.3 Å². The van der Waals surface area contributed by atoms with Crippen molar-refractivity contribution in [2.45, 2.75) is 25.7 Å². The largest absolute Gasteiger partial charge is 0.478 e. The van der Waals surface area contributed by atoms with Gasteiger partial charge < -0.3 is 10.1 Å². The lowest BCUT2D eigenvalue weighted by atomic mass is 10.00. The molecule has 0 fully saturated rings. The smallest absolute Gasteiger partial charge is 0.335 e. The zero-order valence-corrected chi connectivity index (χ0v) is 19.6. The molecular weight excluding hydrogens is 464 g/mol. The minimum Gasteiger partial charge on any atom is -0.478 e. The molecule has 0 saturated heterocycles. The Labute approximate surface area is 207 Å². The van der Waals surface area contributed by atoms with Crippen molar-refractivity contribution in [1.82, 2.24) is 9.88 Å². The van der Waals surface area contributed by atoms with E-state index < -0.39 is 5.97 Å². The summed E-state index contributed by atoms with van der Waals surface area (Å²) in [6.07, 6.45) is 2.94. The van der Waals surface area contributed by atoms with Crippen LogP contribution in [0.1, 0.15) is 54.3 Å². The fourth-order valence-corrected chi connectivity index (χ4v) is 4.90. The molecule has 0 atom stereocenters. The molecule has 35 heavy (non-hydrogen) atoms. The highest BCUT2D eigenvalue weighted by Gasteiger charge is 2.34. The summed E-state index contributed by atoms with van der Waals surface area (Å²) in [6.45, 7) is 0.288. The summed E-state index contributed by atoms with van der Waals surface area (Å²) < 4.78 is 0. The summed E-state index contributed by atoms with van der Waals surface area (Å²) in [5.41, 5.74) is 5.33. The van der Waals surface area contributed by atoms with Crippen LogP contribution in [0.4, 0.5) is 0 Å².